The lowest BCUT2D eigenvalue weighted by Crippen LogP contribution is -2.43. The Morgan fingerprint density at radius 3 is 2.23 bits per heavy atom. The zero-order valence-corrected chi connectivity index (χ0v) is 7.59. The Hall–Kier alpha value is -1.26. The van der Waals surface area contributed by atoms with Crippen LogP contribution in [0, 0.1) is 12.3 Å². The highest BCUT2D eigenvalue weighted by atomic mass is 14.8. The molecule has 1 nitrogen and oxygen atoms in total. The summed E-state index contributed by atoms with van der Waals surface area (Å²) in [7, 11) is 0. The zero-order chi connectivity index (χ0) is 9.31. The van der Waals surface area contributed by atoms with Crippen LogP contribution in [0.25, 0.3) is 0 Å². The number of terminal acetylenes is 1. The first-order chi connectivity index (χ1) is 6.24. The molecular weight excluding hydrogens is 158 g/mol. The first-order valence-electron chi connectivity index (χ1n) is 4.61. The lowest BCUT2D eigenvalue weighted by atomic mass is 9.73. The molecule has 0 aliphatic heterocycles. The molecule has 13 heavy (non-hydrogen) atoms. The summed E-state index contributed by atoms with van der Waals surface area (Å²) in [4.78, 5) is 0. The van der Waals surface area contributed by atoms with Gasteiger partial charge in [-0.3, -0.25) is 0 Å². The van der Waals surface area contributed by atoms with Crippen LogP contribution in [0.15, 0.2) is 24.3 Å². The van der Waals surface area contributed by atoms with Crippen LogP contribution in [-0.2, 0) is 5.54 Å². The van der Waals surface area contributed by atoms with Crippen molar-refractivity contribution in [3.8, 4) is 12.3 Å². The van der Waals surface area contributed by atoms with Gasteiger partial charge in [-0.15, -0.1) is 6.42 Å². The molecule has 0 bridgehead atoms. The van der Waals surface area contributed by atoms with Crippen LogP contribution >= 0.6 is 0 Å². The monoisotopic (exact) mass is 171 g/mol. The molecule has 1 aliphatic carbocycles. The molecule has 2 N–H and O–H groups in total. The fraction of sp³-hybridized carbons (Fsp3) is 0.333. The topological polar surface area (TPSA) is 26.0 Å². The first-order valence-corrected chi connectivity index (χ1v) is 4.61. The molecule has 0 spiro atoms. The van der Waals surface area contributed by atoms with E-state index in [1.54, 1.807) is 0 Å². The molecule has 0 unspecified atom stereocenters. The molecule has 0 atom stereocenters. The molecule has 2 rings (SSSR count). The molecule has 1 fully saturated rings. The molecule has 1 heteroatoms. The fourth-order valence-corrected chi connectivity index (χ4v) is 1.74. The van der Waals surface area contributed by atoms with E-state index >= 15 is 0 Å². The molecular formula is C12H13N. The lowest BCUT2D eigenvalue weighted by molar-refractivity contribution is 0.253. The van der Waals surface area contributed by atoms with Gasteiger partial charge >= 0.3 is 0 Å². The van der Waals surface area contributed by atoms with E-state index in [1.807, 2.05) is 24.3 Å². The van der Waals surface area contributed by atoms with Crippen molar-refractivity contribution in [2.75, 3.05) is 0 Å². The van der Waals surface area contributed by atoms with Crippen molar-refractivity contribution in [3.05, 3.63) is 35.4 Å². The maximum atomic E-state index is 6.16. The molecule has 0 heterocycles. The Morgan fingerprint density at radius 1 is 1.23 bits per heavy atom. The maximum Gasteiger partial charge on any atom is 0.0409 e. The minimum Gasteiger partial charge on any atom is -0.321 e. The predicted octanol–water partition coefficient (Wildman–Crippen LogP) is 2.01. The molecule has 66 valence electrons. The number of benzene rings is 1. The van der Waals surface area contributed by atoms with E-state index in [9.17, 15) is 0 Å². The van der Waals surface area contributed by atoms with Gasteiger partial charge in [0.15, 0.2) is 0 Å². The molecule has 1 saturated carbocycles. The smallest absolute Gasteiger partial charge is 0.0409 e. The van der Waals surface area contributed by atoms with Gasteiger partial charge in [-0.2, -0.15) is 0 Å². The van der Waals surface area contributed by atoms with Gasteiger partial charge in [-0.25, -0.2) is 0 Å². The first kappa shape index (κ1) is 8.34. The van der Waals surface area contributed by atoms with Gasteiger partial charge in [-0.05, 0) is 37.0 Å². The molecule has 1 aliphatic rings. The van der Waals surface area contributed by atoms with E-state index in [0.717, 1.165) is 18.4 Å². The highest BCUT2D eigenvalue weighted by molar-refractivity contribution is 5.37. The highest BCUT2D eigenvalue weighted by Gasteiger charge is 2.33. The minimum absolute atomic E-state index is 0.0624. The van der Waals surface area contributed by atoms with Crippen LogP contribution in [0.3, 0.4) is 0 Å². The van der Waals surface area contributed by atoms with E-state index in [0.29, 0.717) is 0 Å². The summed E-state index contributed by atoms with van der Waals surface area (Å²) in [6.07, 6.45) is 8.72. The third kappa shape index (κ3) is 1.34. The van der Waals surface area contributed by atoms with Crippen LogP contribution < -0.4 is 5.73 Å². The van der Waals surface area contributed by atoms with E-state index in [2.05, 4.69) is 5.92 Å². The summed E-state index contributed by atoms with van der Waals surface area (Å²) in [5.74, 6) is 2.60. The third-order valence-electron chi connectivity index (χ3n) is 2.87. The Bertz CT molecular complexity index is 338. The van der Waals surface area contributed by atoms with Gasteiger partial charge < -0.3 is 5.73 Å². The number of hydrogen-bond donors (Lipinski definition) is 1. The van der Waals surface area contributed by atoms with Crippen molar-refractivity contribution in [1.82, 2.24) is 0 Å². The van der Waals surface area contributed by atoms with Gasteiger partial charge in [-0.1, -0.05) is 18.1 Å². The van der Waals surface area contributed by atoms with Crippen LogP contribution in [0.4, 0.5) is 0 Å². The van der Waals surface area contributed by atoms with Crippen molar-refractivity contribution in [1.29, 1.82) is 0 Å². The highest BCUT2D eigenvalue weighted by Crippen LogP contribution is 2.38. The molecule has 0 radical (unpaired) electrons. The molecule has 0 aromatic heterocycles. The van der Waals surface area contributed by atoms with E-state index in [-0.39, 0.29) is 5.54 Å². The normalized spacial score (nSPS) is 18.8. The average Bonchev–Trinajstić information content (AvgIpc) is 2.14. The second kappa shape index (κ2) is 2.90. The van der Waals surface area contributed by atoms with Gasteiger partial charge in [0, 0.05) is 11.1 Å². The molecule has 1 aromatic rings. The quantitative estimate of drug-likeness (QED) is 0.643. The van der Waals surface area contributed by atoms with Gasteiger partial charge in [0.2, 0.25) is 0 Å². The summed E-state index contributed by atoms with van der Waals surface area (Å²) in [5, 5.41) is 0. The number of nitrogens with two attached hydrogens (primary N) is 1. The van der Waals surface area contributed by atoms with Gasteiger partial charge in [0.25, 0.3) is 0 Å². The van der Waals surface area contributed by atoms with Crippen LogP contribution in [0.1, 0.15) is 30.4 Å². The Labute approximate surface area is 79.0 Å². The number of hydrogen-bond acceptors (Lipinski definition) is 1. The van der Waals surface area contributed by atoms with Crippen molar-refractivity contribution < 1.29 is 0 Å². The summed E-state index contributed by atoms with van der Waals surface area (Å²) >= 11 is 0. The summed E-state index contributed by atoms with van der Waals surface area (Å²) in [6, 6.07) is 8.02. The number of rotatable bonds is 1. The van der Waals surface area contributed by atoms with E-state index in [1.165, 1.54) is 12.0 Å². The maximum absolute atomic E-state index is 6.16. The Kier molecular flexibility index (Phi) is 1.86. The second-order valence-corrected chi connectivity index (χ2v) is 3.73. The largest absolute Gasteiger partial charge is 0.321 e. The summed E-state index contributed by atoms with van der Waals surface area (Å²) in [6.45, 7) is 0. The van der Waals surface area contributed by atoms with Crippen LogP contribution in [0.2, 0.25) is 0 Å². The zero-order valence-electron chi connectivity index (χ0n) is 7.59. The minimum atomic E-state index is -0.0624. The van der Waals surface area contributed by atoms with Gasteiger partial charge in [0.1, 0.15) is 0 Å². The molecule has 1 aromatic carbocycles. The lowest BCUT2D eigenvalue weighted by Gasteiger charge is -2.38. The van der Waals surface area contributed by atoms with Crippen molar-refractivity contribution in [2.24, 2.45) is 5.73 Å². The average molecular weight is 171 g/mol. The van der Waals surface area contributed by atoms with E-state index in [4.69, 9.17) is 12.2 Å². The summed E-state index contributed by atoms with van der Waals surface area (Å²) < 4.78 is 0. The van der Waals surface area contributed by atoms with Gasteiger partial charge in [0.05, 0.1) is 0 Å². The van der Waals surface area contributed by atoms with Crippen molar-refractivity contribution in [3.63, 3.8) is 0 Å². The Balaban J connectivity index is 2.28. The molecule has 0 amide bonds. The molecule has 0 saturated heterocycles. The third-order valence-corrected chi connectivity index (χ3v) is 2.87. The summed E-state index contributed by atoms with van der Waals surface area (Å²) in [5.41, 5.74) is 8.24. The SMILES string of the molecule is C#Cc1ccc(C2(N)CCC2)cc1. The van der Waals surface area contributed by atoms with Crippen molar-refractivity contribution in [2.45, 2.75) is 24.8 Å². The Morgan fingerprint density at radius 2 is 1.85 bits per heavy atom. The predicted molar refractivity (Wildman–Crippen MR) is 54.1 cm³/mol. The van der Waals surface area contributed by atoms with Crippen molar-refractivity contribution >= 4 is 0 Å². The standard InChI is InChI=1S/C12H13N/c1-2-10-4-6-11(7-5-10)12(13)8-3-9-12/h1,4-7H,3,8-9,13H2. The van der Waals surface area contributed by atoms with Crippen LogP contribution in [0.5, 0.6) is 0 Å². The van der Waals surface area contributed by atoms with Crippen LogP contribution in [-0.4, -0.2) is 0 Å². The fourth-order valence-electron chi connectivity index (χ4n) is 1.74. The second-order valence-electron chi connectivity index (χ2n) is 3.73. The van der Waals surface area contributed by atoms with E-state index < -0.39 is 0 Å².